The molecule has 1 aromatic carbocycles. The Kier molecular flexibility index (Phi) is 3.23. The number of benzene rings is 1. The highest BCUT2D eigenvalue weighted by atomic mass is 16.5. The first-order valence-corrected chi connectivity index (χ1v) is 5.36. The largest absolute Gasteiger partial charge is 0.392 e. The minimum absolute atomic E-state index is 0.0975. The number of rotatable bonds is 2. The Morgan fingerprint density at radius 1 is 1.47 bits per heavy atom. The average molecular weight is 207 g/mol. The summed E-state index contributed by atoms with van der Waals surface area (Å²) in [5, 5.41) is 9.28. The summed E-state index contributed by atoms with van der Waals surface area (Å²) in [7, 11) is 0. The van der Waals surface area contributed by atoms with Crippen molar-refractivity contribution in [3.63, 3.8) is 0 Å². The molecule has 1 aliphatic rings. The molecule has 1 saturated heterocycles. The van der Waals surface area contributed by atoms with Gasteiger partial charge in [-0.25, -0.2) is 0 Å². The molecule has 1 aliphatic heterocycles. The highest BCUT2D eigenvalue weighted by Gasteiger charge is 2.20. The lowest BCUT2D eigenvalue weighted by atomic mass is 10.1. The minimum atomic E-state index is 0.0975. The minimum Gasteiger partial charge on any atom is -0.392 e. The number of ether oxygens (including phenoxy) is 1. The van der Waals surface area contributed by atoms with Crippen LogP contribution in [0.1, 0.15) is 12.5 Å². The lowest BCUT2D eigenvalue weighted by Gasteiger charge is -2.36. The van der Waals surface area contributed by atoms with Crippen molar-refractivity contribution in [2.75, 3.05) is 24.7 Å². The van der Waals surface area contributed by atoms with Crippen molar-refractivity contribution in [3.05, 3.63) is 29.8 Å². The molecule has 3 heteroatoms. The van der Waals surface area contributed by atoms with E-state index in [2.05, 4.69) is 17.9 Å². The van der Waals surface area contributed by atoms with E-state index in [9.17, 15) is 5.11 Å². The molecule has 1 N–H and O–H groups in total. The second kappa shape index (κ2) is 4.64. The number of aliphatic hydroxyl groups excluding tert-OH is 1. The predicted octanol–water partition coefficient (Wildman–Crippen LogP) is 1.40. The summed E-state index contributed by atoms with van der Waals surface area (Å²) in [6.07, 6.45) is 0. The number of hydrogen-bond acceptors (Lipinski definition) is 3. The molecule has 2 rings (SSSR count). The third-order valence-corrected chi connectivity index (χ3v) is 2.84. The molecule has 0 bridgehead atoms. The van der Waals surface area contributed by atoms with Crippen LogP contribution in [0.5, 0.6) is 0 Å². The molecular formula is C12H17NO2. The van der Waals surface area contributed by atoms with E-state index in [-0.39, 0.29) is 6.61 Å². The molecule has 0 aromatic heterocycles. The van der Waals surface area contributed by atoms with Crippen LogP contribution in [0.4, 0.5) is 5.69 Å². The van der Waals surface area contributed by atoms with Crippen LogP contribution in [-0.4, -0.2) is 30.9 Å². The Morgan fingerprint density at radius 2 is 2.27 bits per heavy atom. The van der Waals surface area contributed by atoms with Crippen LogP contribution >= 0.6 is 0 Å². The Labute approximate surface area is 90.3 Å². The van der Waals surface area contributed by atoms with E-state index in [1.54, 1.807) is 0 Å². The highest BCUT2D eigenvalue weighted by Crippen LogP contribution is 2.23. The van der Waals surface area contributed by atoms with Gasteiger partial charge in [-0.2, -0.15) is 0 Å². The third kappa shape index (κ3) is 2.13. The first-order valence-electron chi connectivity index (χ1n) is 5.36. The smallest absolute Gasteiger partial charge is 0.0702 e. The van der Waals surface area contributed by atoms with Crippen LogP contribution in [0, 0.1) is 0 Å². The summed E-state index contributed by atoms with van der Waals surface area (Å²) in [4.78, 5) is 2.30. The van der Waals surface area contributed by atoms with E-state index in [1.165, 1.54) is 0 Å². The maximum atomic E-state index is 9.28. The molecule has 15 heavy (non-hydrogen) atoms. The summed E-state index contributed by atoms with van der Waals surface area (Å²) >= 11 is 0. The molecule has 3 nitrogen and oxygen atoms in total. The molecule has 1 heterocycles. The zero-order valence-corrected chi connectivity index (χ0v) is 9.02. The van der Waals surface area contributed by atoms with Crippen LogP contribution in [0.15, 0.2) is 24.3 Å². The second-order valence-electron chi connectivity index (χ2n) is 3.90. The molecule has 1 fully saturated rings. The molecule has 0 radical (unpaired) electrons. The fraction of sp³-hybridized carbons (Fsp3) is 0.500. The molecule has 1 aromatic rings. The number of aliphatic hydroxyl groups is 1. The average Bonchev–Trinajstić information content (AvgIpc) is 2.30. The lowest BCUT2D eigenvalue weighted by Crippen LogP contribution is -2.44. The SMILES string of the molecule is CC1COCCN1c1ccccc1CO. The maximum Gasteiger partial charge on any atom is 0.0702 e. The van der Waals surface area contributed by atoms with E-state index >= 15 is 0 Å². The van der Waals surface area contributed by atoms with E-state index in [0.717, 1.165) is 31.0 Å². The molecule has 1 unspecified atom stereocenters. The van der Waals surface area contributed by atoms with E-state index < -0.39 is 0 Å². The van der Waals surface area contributed by atoms with Gasteiger partial charge in [-0.05, 0) is 13.0 Å². The van der Waals surface area contributed by atoms with Gasteiger partial charge < -0.3 is 14.7 Å². The van der Waals surface area contributed by atoms with Crippen LogP contribution in [0.3, 0.4) is 0 Å². The van der Waals surface area contributed by atoms with Crippen LogP contribution < -0.4 is 4.90 Å². The standard InChI is InChI=1S/C12H17NO2/c1-10-9-15-7-6-13(10)12-5-3-2-4-11(12)8-14/h2-5,10,14H,6-9H2,1H3. The van der Waals surface area contributed by atoms with Gasteiger partial charge >= 0.3 is 0 Å². The Bertz CT molecular complexity index is 327. The van der Waals surface area contributed by atoms with Gasteiger partial charge in [0.25, 0.3) is 0 Å². The number of morpholine rings is 1. The van der Waals surface area contributed by atoms with Crippen LogP contribution in [-0.2, 0) is 11.3 Å². The van der Waals surface area contributed by atoms with Crippen molar-refractivity contribution in [2.45, 2.75) is 19.6 Å². The third-order valence-electron chi connectivity index (χ3n) is 2.84. The van der Waals surface area contributed by atoms with Crippen molar-refractivity contribution in [2.24, 2.45) is 0 Å². The summed E-state index contributed by atoms with van der Waals surface area (Å²) in [5.74, 6) is 0. The fourth-order valence-electron chi connectivity index (χ4n) is 2.01. The van der Waals surface area contributed by atoms with Crippen molar-refractivity contribution in [1.82, 2.24) is 0 Å². The van der Waals surface area contributed by atoms with E-state index in [1.807, 2.05) is 18.2 Å². The molecule has 0 spiro atoms. The molecule has 0 amide bonds. The van der Waals surface area contributed by atoms with E-state index in [0.29, 0.717) is 6.04 Å². The summed E-state index contributed by atoms with van der Waals surface area (Å²) in [6, 6.07) is 8.38. The quantitative estimate of drug-likeness (QED) is 0.795. The second-order valence-corrected chi connectivity index (χ2v) is 3.90. The fourth-order valence-corrected chi connectivity index (χ4v) is 2.01. The van der Waals surface area contributed by atoms with Crippen LogP contribution in [0.25, 0.3) is 0 Å². The predicted molar refractivity (Wildman–Crippen MR) is 60.0 cm³/mol. The number of hydrogen-bond donors (Lipinski definition) is 1. The molecule has 1 atom stereocenters. The summed E-state index contributed by atoms with van der Waals surface area (Å²) in [5.41, 5.74) is 2.13. The summed E-state index contributed by atoms with van der Waals surface area (Å²) < 4.78 is 5.40. The van der Waals surface area contributed by atoms with Gasteiger partial charge in [-0.3, -0.25) is 0 Å². The topological polar surface area (TPSA) is 32.7 Å². The van der Waals surface area contributed by atoms with Crippen molar-refractivity contribution in [1.29, 1.82) is 0 Å². The Balaban J connectivity index is 2.26. The monoisotopic (exact) mass is 207 g/mol. The highest BCUT2D eigenvalue weighted by molar-refractivity contribution is 5.54. The van der Waals surface area contributed by atoms with Gasteiger partial charge in [0.15, 0.2) is 0 Å². The van der Waals surface area contributed by atoms with Gasteiger partial charge in [0.2, 0.25) is 0 Å². The Hall–Kier alpha value is -1.06. The molecule has 0 aliphatic carbocycles. The molecule has 82 valence electrons. The van der Waals surface area contributed by atoms with Gasteiger partial charge in [0, 0.05) is 23.8 Å². The van der Waals surface area contributed by atoms with Crippen molar-refractivity contribution >= 4 is 5.69 Å². The summed E-state index contributed by atoms with van der Waals surface area (Å²) in [6.45, 7) is 4.68. The van der Waals surface area contributed by atoms with Crippen molar-refractivity contribution in [3.8, 4) is 0 Å². The number of nitrogens with zero attached hydrogens (tertiary/aromatic N) is 1. The first-order chi connectivity index (χ1) is 7.33. The van der Waals surface area contributed by atoms with Gasteiger partial charge in [0.1, 0.15) is 0 Å². The zero-order chi connectivity index (χ0) is 10.7. The Morgan fingerprint density at radius 3 is 3.00 bits per heavy atom. The maximum absolute atomic E-state index is 9.28. The van der Waals surface area contributed by atoms with Gasteiger partial charge in [0.05, 0.1) is 19.8 Å². The first kappa shape index (κ1) is 10.5. The lowest BCUT2D eigenvalue weighted by molar-refractivity contribution is 0.0987. The molecule has 0 saturated carbocycles. The van der Waals surface area contributed by atoms with Crippen molar-refractivity contribution < 1.29 is 9.84 Å². The normalized spacial score (nSPS) is 21.7. The number of para-hydroxylation sites is 1. The van der Waals surface area contributed by atoms with E-state index in [4.69, 9.17) is 4.74 Å². The zero-order valence-electron chi connectivity index (χ0n) is 9.02. The molecular weight excluding hydrogens is 190 g/mol. The van der Waals surface area contributed by atoms with Gasteiger partial charge in [-0.15, -0.1) is 0 Å². The van der Waals surface area contributed by atoms with Gasteiger partial charge in [-0.1, -0.05) is 18.2 Å². The van der Waals surface area contributed by atoms with Crippen LogP contribution in [0.2, 0.25) is 0 Å². The number of anilines is 1.